The van der Waals surface area contributed by atoms with Crippen molar-refractivity contribution in [3.8, 4) is 5.75 Å². The topological polar surface area (TPSA) is 9.23 Å². The molecular weight excluding hydrogens is 295 g/mol. The standard InChI is InChI=1S/C15H14BrFO/c1-2-11-3-7-14(8-4-11)18-10-12-5-6-13(16)9-15(12)17/h3-9H,2,10H2,1H3. The highest BCUT2D eigenvalue weighted by Gasteiger charge is 2.03. The van der Waals surface area contributed by atoms with Crippen molar-refractivity contribution >= 4 is 15.9 Å². The van der Waals surface area contributed by atoms with Crippen LogP contribution in [-0.4, -0.2) is 0 Å². The molecular formula is C15H14BrFO. The SMILES string of the molecule is CCc1ccc(OCc2ccc(Br)cc2F)cc1. The molecule has 2 rings (SSSR count). The molecule has 0 unspecified atom stereocenters. The van der Waals surface area contributed by atoms with Crippen LogP contribution in [0.2, 0.25) is 0 Å². The second-order valence-electron chi connectivity index (χ2n) is 4.02. The first-order valence-corrected chi connectivity index (χ1v) is 6.64. The van der Waals surface area contributed by atoms with Crippen LogP contribution in [0.1, 0.15) is 18.1 Å². The predicted octanol–water partition coefficient (Wildman–Crippen LogP) is 4.73. The summed E-state index contributed by atoms with van der Waals surface area (Å²) >= 11 is 3.23. The number of benzene rings is 2. The van der Waals surface area contributed by atoms with Crippen molar-refractivity contribution in [2.45, 2.75) is 20.0 Å². The van der Waals surface area contributed by atoms with Crippen molar-refractivity contribution in [3.05, 3.63) is 63.9 Å². The zero-order valence-electron chi connectivity index (χ0n) is 10.1. The molecule has 0 aliphatic carbocycles. The molecule has 1 nitrogen and oxygen atoms in total. The van der Waals surface area contributed by atoms with Crippen LogP contribution in [0.25, 0.3) is 0 Å². The van der Waals surface area contributed by atoms with E-state index in [2.05, 4.69) is 22.9 Å². The Morgan fingerprint density at radius 1 is 1.11 bits per heavy atom. The molecule has 0 amide bonds. The number of rotatable bonds is 4. The van der Waals surface area contributed by atoms with Crippen LogP contribution in [0, 0.1) is 5.82 Å². The molecule has 94 valence electrons. The minimum absolute atomic E-state index is 0.241. The first-order chi connectivity index (χ1) is 8.69. The third-order valence-electron chi connectivity index (χ3n) is 2.74. The summed E-state index contributed by atoms with van der Waals surface area (Å²) in [6.45, 7) is 2.34. The van der Waals surface area contributed by atoms with Gasteiger partial charge in [-0.3, -0.25) is 0 Å². The van der Waals surface area contributed by atoms with E-state index in [0.29, 0.717) is 5.56 Å². The lowest BCUT2D eigenvalue weighted by Gasteiger charge is -2.08. The molecule has 0 saturated carbocycles. The number of hydrogen-bond donors (Lipinski definition) is 0. The first-order valence-electron chi connectivity index (χ1n) is 5.84. The molecule has 2 aromatic rings. The Bertz CT molecular complexity index is 523. The maximum absolute atomic E-state index is 13.6. The summed E-state index contributed by atoms with van der Waals surface area (Å²) in [6.07, 6.45) is 1.00. The van der Waals surface area contributed by atoms with E-state index in [1.807, 2.05) is 30.3 Å². The molecule has 0 aromatic heterocycles. The summed E-state index contributed by atoms with van der Waals surface area (Å²) in [6, 6.07) is 12.8. The Kier molecular flexibility index (Phi) is 4.37. The maximum atomic E-state index is 13.6. The fourth-order valence-electron chi connectivity index (χ4n) is 1.62. The second-order valence-corrected chi connectivity index (χ2v) is 4.94. The minimum Gasteiger partial charge on any atom is -0.489 e. The van der Waals surface area contributed by atoms with Gasteiger partial charge in [-0.1, -0.05) is 41.1 Å². The quantitative estimate of drug-likeness (QED) is 0.793. The molecule has 0 fully saturated rings. The normalized spacial score (nSPS) is 10.4. The molecule has 0 heterocycles. The Balaban J connectivity index is 2.02. The van der Waals surface area contributed by atoms with Crippen molar-refractivity contribution in [1.29, 1.82) is 0 Å². The average Bonchev–Trinajstić information content (AvgIpc) is 2.38. The Labute approximate surface area is 115 Å². The van der Waals surface area contributed by atoms with Crippen LogP contribution in [0.5, 0.6) is 5.75 Å². The van der Waals surface area contributed by atoms with Crippen molar-refractivity contribution in [3.63, 3.8) is 0 Å². The fraction of sp³-hybridized carbons (Fsp3) is 0.200. The molecule has 0 saturated heterocycles. The highest BCUT2D eigenvalue weighted by Crippen LogP contribution is 2.18. The van der Waals surface area contributed by atoms with E-state index in [1.165, 1.54) is 11.6 Å². The van der Waals surface area contributed by atoms with Gasteiger partial charge in [-0.15, -0.1) is 0 Å². The monoisotopic (exact) mass is 308 g/mol. The Morgan fingerprint density at radius 3 is 2.44 bits per heavy atom. The fourth-order valence-corrected chi connectivity index (χ4v) is 1.95. The lowest BCUT2D eigenvalue weighted by Crippen LogP contribution is -1.98. The third-order valence-corrected chi connectivity index (χ3v) is 3.23. The molecule has 3 heteroatoms. The van der Waals surface area contributed by atoms with Gasteiger partial charge in [0.2, 0.25) is 0 Å². The first kappa shape index (κ1) is 13.1. The van der Waals surface area contributed by atoms with Gasteiger partial charge in [-0.05, 0) is 36.2 Å². The molecule has 2 aromatic carbocycles. The molecule has 18 heavy (non-hydrogen) atoms. The Morgan fingerprint density at radius 2 is 1.83 bits per heavy atom. The van der Waals surface area contributed by atoms with Crippen LogP contribution in [0.4, 0.5) is 4.39 Å². The Hall–Kier alpha value is -1.35. The van der Waals surface area contributed by atoms with E-state index in [9.17, 15) is 4.39 Å². The van der Waals surface area contributed by atoms with Gasteiger partial charge >= 0.3 is 0 Å². The van der Waals surface area contributed by atoms with E-state index in [4.69, 9.17) is 4.74 Å². The molecule has 0 atom stereocenters. The zero-order chi connectivity index (χ0) is 13.0. The summed E-state index contributed by atoms with van der Waals surface area (Å²) in [7, 11) is 0. The van der Waals surface area contributed by atoms with E-state index in [1.54, 1.807) is 6.07 Å². The van der Waals surface area contributed by atoms with Crippen LogP contribution in [0.3, 0.4) is 0 Å². The predicted molar refractivity (Wildman–Crippen MR) is 74.3 cm³/mol. The molecule has 0 bridgehead atoms. The van der Waals surface area contributed by atoms with Crippen LogP contribution in [0.15, 0.2) is 46.9 Å². The lowest BCUT2D eigenvalue weighted by atomic mass is 10.2. The summed E-state index contributed by atoms with van der Waals surface area (Å²) in [5.74, 6) is 0.504. The summed E-state index contributed by atoms with van der Waals surface area (Å²) in [4.78, 5) is 0. The molecule has 0 aliphatic heterocycles. The van der Waals surface area contributed by atoms with Gasteiger partial charge in [0.25, 0.3) is 0 Å². The van der Waals surface area contributed by atoms with Gasteiger partial charge in [-0.2, -0.15) is 0 Å². The number of halogens is 2. The molecule has 0 spiro atoms. The van der Waals surface area contributed by atoms with Gasteiger partial charge < -0.3 is 4.74 Å². The van der Waals surface area contributed by atoms with E-state index < -0.39 is 0 Å². The third kappa shape index (κ3) is 3.33. The smallest absolute Gasteiger partial charge is 0.130 e. The summed E-state index contributed by atoms with van der Waals surface area (Å²) in [5, 5.41) is 0. The highest BCUT2D eigenvalue weighted by molar-refractivity contribution is 9.10. The average molecular weight is 309 g/mol. The van der Waals surface area contributed by atoms with Crippen molar-refractivity contribution < 1.29 is 9.13 Å². The number of ether oxygens (including phenoxy) is 1. The van der Waals surface area contributed by atoms with Crippen molar-refractivity contribution in [1.82, 2.24) is 0 Å². The summed E-state index contributed by atoms with van der Waals surface area (Å²) in [5.41, 5.74) is 1.81. The lowest BCUT2D eigenvalue weighted by molar-refractivity contribution is 0.299. The van der Waals surface area contributed by atoms with Gasteiger partial charge in [-0.25, -0.2) is 4.39 Å². The summed E-state index contributed by atoms with van der Waals surface area (Å²) < 4.78 is 19.9. The van der Waals surface area contributed by atoms with Crippen molar-refractivity contribution in [2.24, 2.45) is 0 Å². The van der Waals surface area contributed by atoms with Crippen LogP contribution >= 0.6 is 15.9 Å². The number of hydrogen-bond acceptors (Lipinski definition) is 1. The number of aryl methyl sites for hydroxylation is 1. The van der Waals surface area contributed by atoms with Crippen molar-refractivity contribution in [2.75, 3.05) is 0 Å². The van der Waals surface area contributed by atoms with Gasteiger partial charge in [0, 0.05) is 10.0 Å². The van der Waals surface area contributed by atoms with Crippen LogP contribution < -0.4 is 4.74 Å². The van der Waals surface area contributed by atoms with Gasteiger partial charge in [0.15, 0.2) is 0 Å². The molecule has 0 N–H and O–H groups in total. The highest BCUT2D eigenvalue weighted by atomic mass is 79.9. The molecule has 0 aliphatic rings. The van der Waals surface area contributed by atoms with Crippen LogP contribution in [-0.2, 0) is 13.0 Å². The largest absolute Gasteiger partial charge is 0.489 e. The minimum atomic E-state index is -0.255. The van der Waals surface area contributed by atoms with Gasteiger partial charge in [0.05, 0.1) is 0 Å². The second kappa shape index (κ2) is 6.01. The zero-order valence-corrected chi connectivity index (χ0v) is 11.7. The molecule has 0 radical (unpaired) electrons. The van der Waals surface area contributed by atoms with E-state index in [0.717, 1.165) is 16.6 Å². The maximum Gasteiger partial charge on any atom is 0.130 e. The van der Waals surface area contributed by atoms with E-state index >= 15 is 0 Å². The van der Waals surface area contributed by atoms with E-state index in [-0.39, 0.29) is 12.4 Å². The van der Waals surface area contributed by atoms with Gasteiger partial charge in [0.1, 0.15) is 18.2 Å².